The van der Waals surface area contributed by atoms with Gasteiger partial charge in [0, 0.05) is 29.7 Å². The third-order valence-corrected chi connectivity index (χ3v) is 3.09. The maximum absolute atomic E-state index is 11.1. The first kappa shape index (κ1) is 16.9. The highest BCUT2D eigenvalue weighted by Gasteiger charge is 2.12. The van der Waals surface area contributed by atoms with Crippen LogP contribution in [-0.2, 0) is 4.74 Å². The van der Waals surface area contributed by atoms with Crippen LogP contribution in [0.5, 0.6) is 0 Å². The van der Waals surface area contributed by atoms with E-state index in [1.807, 2.05) is 6.92 Å². The maximum Gasteiger partial charge on any atom is 0.337 e. The zero-order valence-corrected chi connectivity index (χ0v) is 13.1. The molecule has 0 saturated carbocycles. The molecule has 0 spiro atoms. The van der Waals surface area contributed by atoms with Gasteiger partial charge in [-0.3, -0.25) is 4.98 Å². The molecule has 124 valence electrons. The highest BCUT2D eigenvalue weighted by Crippen LogP contribution is 2.26. The second-order valence-corrected chi connectivity index (χ2v) is 4.65. The molecule has 0 aliphatic heterocycles. The van der Waals surface area contributed by atoms with E-state index >= 15 is 0 Å². The average molecular weight is 327 g/mol. The summed E-state index contributed by atoms with van der Waals surface area (Å²) in [5, 5.41) is 12.2. The summed E-state index contributed by atoms with van der Waals surface area (Å²) in [6, 6.07) is 1.49. The van der Waals surface area contributed by atoms with Crippen LogP contribution < -0.4 is 11.1 Å². The van der Waals surface area contributed by atoms with Crippen molar-refractivity contribution in [3.8, 4) is 11.1 Å². The van der Waals surface area contributed by atoms with Crippen LogP contribution in [0, 0.1) is 0 Å². The van der Waals surface area contributed by atoms with Crippen LogP contribution in [0.15, 0.2) is 49.3 Å². The molecule has 0 fully saturated rings. The van der Waals surface area contributed by atoms with Gasteiger partial charge in [0.15, 0.2) is 0 Å². The van der Waals surface area contributed by atoms with Gasteiger partial charge in [-0.25, -0.2) is 9.78 Å². The summed E-state index contributed by atoms with van der Waals surface area (Å²) >= 11 is 0. The summed E-state index contributed by atoms with van der Waals surface area (Å²) in [6.07, 6.45) is 7.42. The maximum atomic E-state index is 11.1. The molecule has 2 aromatic rings. The Morgan fingerprint density at radius 3 is 2.92 bits per heavy atom. The number of carbonyl (C=O) groups is 1. The second kappa shape index (κ2) is 7.73. The van der Waals surface area contributed by atoms with Crippen molar-refractivity contribution in [3.63, 3.8) is 0 Å². The predicted octanol–water partition coefficient (Wildman–Crippen LogP) is 2.29. The molecule has 2 rings (SSSR count). The minimum absolute atomic E-state index is 0.0689. The number of nitrogens with one attached hydrogen (secondary N) is 1. The van der Waals surface area contributed by atoms with E-state index in [0.717, 1.165) is 0 Å². The number of allylic oxidation sites excluding steroid dienone is 1. The van der Waals surface area contributed by atoms with Crippen LogP contribution in [0.3, 0.4) is 0 Å². The molecule has 8 nitrogen and oxygen atoms in total. The largest absolute Gasteiger partial charge is 0.478 e. The predicted molar refractivity (Wildman–Crippen MR) is 90.2 cm³/mol. The van der Waals surface area contributed by atoms with Crippen molar-refractivity contribution in [2.45, 2.75) is 6.92 Å². The zero-order valence-electron chi connectivity index (χ0n) is 13.1. The van der Waals surface area contributed by atoms with Crippen LogP contribution in [0.25, 0.3) is 11.1 Å². The number of hydrogen-bond donors (Lipinski definition) is 3. The summed E-state index contributed by atoms with van der Waals surface area (Å²) < 4.78 is 5.24. The Bertz CT molecular complexity index is 789. The number of nitrogens with zero attached hydrogens (tertiary/aromatic N) is 3. The number of carboxylic acids is 1. The molecule has 8 heteroatoms. The zero-order chi connectivity index (χ0) is 17.5. The SMILES string of the molecule is C=CO/C(=C\C)CNc1nc(N)ncc1-c1cncc(C(=O)O)c1. The van der Waals surface area contributed by atoms with Crippen LogP contribution in [0.4, 0.5) is 11.8 Å². The summed E-state index contributed by atoms with van der Waals surface area (Å²) in [7, 11) is 0. The number of carboxylic acid groups (broad SMARTS) is 1. The van der Waals surface area contributed by atoms with E-state index < -0.39 is 5.97 Å². The minimum Gasteiger partial charge on any atom is -0.478 e. The Labute approximate surface area is 138 Å². The first-order valence-corrected chi connectivity index (χ1v) is 7.03. The van der Waals surface area contributed by atoms with Gasteiger partial charge in [-0.15, -0.1) is 0 Å². The van der Waals surface area contributed by atoms with Crippen LogP contribution in [0.1, 0.15) is 17.3 Å². The molecule has 0 atom stereocenters. The molecule has 24 heavy (non-hydrogen) atoms. The smallest absolute Gasteiger partial charge is 0.337 e. The second-order valence-electron chi connectivity index (χ2n) is 4.65. The minimum atomic E-state index is -1.06. The number of aromatic nitrogens is 3. The molecule has 0 aliphatic carbocycles. The van der Waals surface area contributed by atoms with Crippen molar-refractivity contribution in [2.24, 2.45) is 0 Å². The fourth-order valence-electron chi connectivity index (χ4n) is 1.94. The number of ether oxygens (including phenoxy) is 1. The first-order valence-electron chi connectivity index (χ1n) is 7.03. The van der Waals surface area contributed by atoms with Gasteiger partial charge in [-0.05, 0) is 19.1 Å². The van der Waals surface area contributed by atoms with Gasteiger partial charge in [0.1, 0.15) is 11.6 Å². The molecule has 4 N–H and O–H groups in total. The molecular formula is C16H17N5O3. The Morgan fingerprint density at radius 2 is 2.25 bits per heavy atom. The number of nitrogens with two attached hydrogens (primary N) is 1. The van der Waals surface area contributed by atoms with Crippen molar-refractivity contribution in [3.05, 3.63) is 54.9 Å². The van der Waals surface area contributed by atoms with Crippen molar-refractivity contribution in [1.29, 1.82) is 0 Å². The summed E-state index contributed by atoms with van der Waals surface area (Å²) in [6.45, 7) is 5.68. The highest BCUT2D eigenvalue weighted by molar-refractivity contribution is 5.89. The number of rotatable bonds is 7. The number of anilines is 2. The fourth-order valence-corrected chi connectivity index (χ4v) is 1.94. The Balaban J connectivity index is 2.35. The fraction of sp³-hybridized carbons (Fsp3) is 0.125. The molecule has 0 saturated heterocycles. The number of hydrogen-bond acceptors (Lipinski definition) is 7. The summed E-state index contributed by atoms with van der Waals surface area (Å²) in [5.41, 5.74) is 6.85. The van der Waals surface area contributed by atoms with Crippen LogP contribution >= 0.6 is 0 Å². The molecule has 0 unspecified atom stereocenters. The molecule has 2 heterocycles. The lowest BCUT2D eigenvalue weighted by molar-refractivity contribution is 0.0696. The highest BCUT2D eigenvalue weighted by atomic mass is 16.5. The number of aromatic carboxylic acids is 1. The number of pyridine rings is 1. The Morgan fingerprint density at radius 1 is 1.46 bits per heavy atom. The van der Waals surface area contributed by atoms with E-state index in [-0.39, 0.29) is 11.5 Å². The van der Waals surface area contributed by atoms with Gasteiger partial charge in [-0.1, -0.05) is 6.58 Å². The van der Waals surface area contributed by atoms with E-state index in [0.29, 0.717) is 29.2 Å². The quantitative estimate of drug-likeness (QED) is 0.662. The van der Waals surface area contributed by atoms with E-state index in [9.17, 15) is 4.79 Å². The molecule has 0 aromatic carbocycles. The van der Waals surface area contributed by atoms with Crippen molar-refractivity contribution < 1.29 is 14.6 Å². The van der Waals surface area contributed by atoms with Gasteiger partial charge >= 0.3 is 5.97 Å². The third-order valence-electron chi connectivity index (χ3n) is 3.09. The van der Waals surface area contributed by atoms with Crippen LogP contribution in [0.2, 0.25) is 0 Å². The lowest BCUT2D eigenvalue weighted by atomic mass is 10.1. The van der Waals surface area contributed by atoms with E-state index in [1.54, 1.807) is 6.08 Å². The van der Waals surface area contributed by atoms with Crippen molar-refractivity contribution in [1.82, 2.24) is 15.0 Å². The van der Waals surface area contributed by atoms with E-state index in [1.165, 1.54) is 30.9 Å². The standard InChI is InChI=1S/C16H17N5O3/c1-3-12(24-4-2)8-19-14-13(9-20-16(17)21-14)10-5-11(15(22)23)7-18-6-10/h3-7,9H,2,8H2,1H3,(H,22,23)(H3,17,19,20,21)/b12-3-. The topological polar surface area (TPSA) is 123 Å². The first-order chi connectivity index (χ1) is 11.5. The normalized spacial score (nSPS) is 11.0. The van der Waals surface area contributed by atoms with Gasteiger partial charge in [0.2, 0.25) is 5.95 Å². The Kier molecular flexibility index (Phi) is 5.45. The summed E-state index contributed by atoms with van der Waals surface area (Å²) in [5.74, 6) is 0.116. The number of nitrogen functional groups attached to an aromatic ring is 1. The molecule has 0 aliphatic rings. The lowest BCUT2D eigenvalue weighted by Crippen LogP contribution is -2.10. The average Bonchev–Trinajstić information content (AvgIpc) is 2.58. The van der Waals surface area contributed by atoms with Crippen molar-refractivity contribution in [2.75, 3.05) is 17.6 Å². The van der Waals surface area contributed by atoms with Crippen LogP contribution in [-0.4, -0.2) is 32.6 Å². The van der Waals surface area contributed by atoms with E-state index in [4.69, 9.17) is 15.6 Å². The van der Waals surface area contributed by atoms with Crippen molar-refractivity contribution >= 4 is 17.7 Å². The molecular weight excluding hydrogens is 310 g/mol. The van der Waals surface area contributed by atoms with Gasteiger partial charge in [0.05, 0.1) is 18.4 Å². The lowest BCUT2D eigenvalue weighted by Gasteiger charge is -2.13. The molecule has 0 bridgehead atoms. The Hall–Kier alpha value is -3.42. The van der Waals surface area contributed by atoms with E-state index in [2.05, 4.69) is 26.8 Å². The third kappa shape index (κ3) is 4.07. The van der Waals surface area contributed by atoms with Gasteiger partial charge in [0.25, 0.3) is 0 Å². The molecule has 0 amide bonds. The van der Waals surface area contributed by atoms with Gasteiger partial charge in [-0.2, -0.15) is 4.98 Å². The molecule has 2 aromatic heterocycles. The summed E-state index contributed by atoms with van der Waals surface area (Å²) in [4.78, 5) is 23.2. The molecule has 0 radical (unpaired) electrons. The monoisotopic (exact) mass is 327 g/mol. The van der Waals surface area contributed by atoms with Gasteiger partial charge < -0.3 is 20.9 Å².